The number of likely N-dealkylation sites (tertiary alicyclic amines) is 1. The molecule has 5 heteroatoms. The summed E-state index contributed by atoms with van der Waals surface area (Å²) >= 11 is 0. The molecule has 2 heterocycles. The molecule has 3 rings (SSSR count). The van der Waals surface area contributed by atoms with Crippen LogP contribution in [0.3, 0.4) is 0 Å². The van der Waals surface area contributed by atoms with Crippen LogP contribution in [0, 0.1) is 0 Å². The van der Waals surface area contributed by atoms with E-state index >= 15 is 0 Å². The fraction of sp³-hybridized carbons (Fsp3) is 0.462. The highest BCUT2D eigenvalue weighted by Gasteiger charge is 2.36. The van der Waals surface area contributed by atoms with Crippen molar-refractivity contribution in [2.45, 2.75) is 25.0 Å². The third-order valence-corrected chi connectivity index (χ3v) is 3.64. The SMILES string of the molecule is NNc1ccccc1C(=O)N1CC2CCC(C1)O2. The van der Waals surface area contributed by atoms with Crippen LogP contribution in [-0.4, -0.2) is 36.1 Å². The Hall–Kier alpha value is -1.59. The highest BCUT2D eigenvalue weighted by molar-refractivity contribution is 5.99. The average Bonchev–Trinajstić information content (AvgIpc) is 2.76. The van der Waals surface area contributed by atoms with Gasteiger partial charge in [-0.05, 0) is 25.0 Å². The Morgan fingerprint density at radius 1 is 1.28 bits per heavy atom. The Morgan fingerprint density at radius 2 is 1.94 bits per heavy atom. The van der Waals surface area contributed by atoms with Crippen LogP contribution in [0.4, 0.5) is 5.69 Å². The quantitative estimate of drug-likeness (QED) is 0.604. The predicted molar refractivity (Wildman–Crippen MR) is 68.1 cm³/mol. The van der Waals surface area contributed by atoms with Crippen LogP contribution in [0.1, 0.15) is 23.2 Å². The minimum atomic E-state index is 0.0313. The number of morpholine rings is 1. The molecule has 0 radical (unpaired) electrons. The summed E-state index contributed by atoms with van der Waals surface area (Å²) in [6.07, 6.45) is 2.55. The number of nitrogens with two attached hydrogens (primary N) is 1. The number of hydrogen-bond acceptors (Lipinski definition) is 4. The first kappa shape index (κ1) is 11.5. The number of carbonyl (C=O) groups is 1. The van der Waals surface area contributed by atoms with Crippen LogP contribution < -0.4 is 11.3 Å². The molecule has 2 aliphatic heterocycles. The number of nitrogen functional groups attached to an aromatic ring is 1. The molecule has 96 valence electrons. The van der Waals surface area contributed by atoms with Gasteiger partial charge in [-0.1, -0.05) is 12.1 Å². The van der Waals surface area contributed by atoms with Gasteiger partial charge < -0.3 is 15.1 Å². The molecule has 1 aromatic rings. The Morgan fingerprint density at radius 3 is 2.61 bits per heavy atom. The van der Waals surface area contributed by atoms with Crippen molar-refractivity contribution in [3.05, 3.63) is 29.8 Å². The zero-order valence-electron chi connectivity index (χ0n) is 10.1. The Kier molecular flexibility index (Phi) is 2.93. The van der Waals surface area contributed by atoms with Crippen molar-refractivity contribution in [1.82, 2.24) is 4.90 Å². The van der Waals surface area contributed by atoms with E-state index in [1.807, 2.05) is 23.1 Å². The number of anilines is 1. The summed E-state index contributed by atoms with van der Waals surface area (Å²) in [4.78, 5) is 14.4. The van der Waals surface area contributed by atoms with Gasteiger partial charge in [0.25, 0.3) is 5.91 Å². The molecule has 2 unspecified atom stereocenters. The monoisotopic (exact) mass is 247 g/mol. The van der Waals surface area contributed by atoms with E-state index in [0.717, 1.165) is 12.8 Å². The molecule has 5 nitrogen and oxygen atoms in total. The predicted octanol–water partition coefficient (Wildman–Crippen LogP) is 0.976. The number of hydrogen-bond donors (Lipinski definition) is 2. The largest absolute Gasteiger partial charge is 0.371 e. The summed E-state index contributed by atoms with van der Waals surface area (Å²) in [6, 6.07) is 7.31. The minimum Gasteiger partial charge on any atom is -0.371 e. The lowest BCUT2D eigenvalue weighted by Crippen LogP contribution is -2.46. The second kappa shape index (κ2) is 4.59. The van der Waals surface area contributed by atoms with Gasteiger partial charge in [0.05, 0.1) is 23.5 Å². The number of benzene rings is 1. The second-order valence-electron chi connectivity index (χ2n) is 4.86. The van der Waals surface area contributed by atoms with Crippen molar-refractivity contribution in [3.63, 3.8) is 0 Å². The van der Waals surface area contributed by atoms with E-state index in [2.05, 4.69) is 5.43 Å². The van der Waals surface area contributed by atoms with Gasteiger partial charge in [0.2, 0.25) is 0 Å². The van der Waals surface area contributed by atoms with Gasteiger partial charge in [-0.25, -0.2) is 0 Å². The third-order valence-electron chi connectivity index (χ3n) is 3.64. The van der Waals surface area contributed by atoms with E-state index in [-0.39, 0.29) is 18.1 Å². The van der Waals surface area contributed by atoms with Gasteiger partial charge in [-0.2, -0.15) is 0 Å². The van der Waals surface area contributed by atoms with Gasteiger partial charge >= 0.3 is 0 Å². The molecule has 0 aliphatic carbocycles. The second-order valence-corrected chi connectivity index (χ2v) is 4.86. The van der Waals surface area contributed by atoms with Crippen LogP contribution in [0.5, 0.6) is 0 Å². The summed E-state index contributed by atoms with van der Waals surface area (Å²) in [5.74, 6) is 5.47. The molecule has 1 aromatic carbocycles. The van der Waals surface area contributed by atoms with Crippen molar-refractivity contribution in [1.29, 1.82) is 0 Å². The number of rotatable bonds is 2. The molecule has 2 bridgehead atoms. The van der Waals surface area contributed by atoms with E-state index < -0.39 is 0 Å². The molecular weight excluding hydrogens is 230 g/mol. The molecule has 18 heavy (non-hydrogen) atoms. The number of nitrogens with zero attached hydrogens (tertiary/aromatic N) is 1. The van der Waals surface area contributed by atoms with Crippen LogP contribution in [-0.2, 0) is 4.74 Å². The maximum Gasteiger partial charge on any atom is 0.256 e. The van der Waals surface area contributed by atoms with E-state index in [1.165, 1.54) is 0 Å². The number of ether oxygens (including phenoxy) is 1. The summed E-state index contributed by atoms with van der Waals surface area (Å²) < 4.78 is 5.74. The molecule has 1 amide bonds. The van der Waals surface area contributed by atoms with Crippen molar-refractivity contribution in [3.8, 4) is 0 Å². The van der Waals surface area contributed by atoms with Crippen molar-refractivity contribution in [2.24, 2.45) is 5.84 Å². The van der Waals surface area contributed by atoms with E-state index in [1.54, 1.807) is 6.07 Å². The summed E-state index contributed by atoms with van der Waals surface area (Å²) in [5.41, 5.74) is 3.87. The Labute approximate surface area is 106 Å². The zero-order valence-corrected chi connectivity index (χ0v) is 10.1. The summed E-state index contributed by atoms with van der Waals surface area (Å²) in [7, 11) is 0. The van der Waals surface area contributed by atoms with Crippen molar-refractivity contribution >= 4 is 11.6 Å². The lowest BCUT2D eigenvalue weighted by molar-refractivity contribution is -0.0303. The fourth-order valence-electron chi connectivity index (χ4n) is 2.75. The van der Waals surface area contributed by atoms with Gasteiger partial charge in [0.1, 0.15) is 0 Å². The zero-order chi connectivity index (χ0) is 12.5. The Bertz CT molecular complexity index is 451. The molecule has 2 fully saturated rings. The minimum absolute atomic E-state index is 0.0313. The van der Waals surface area contributed by atoms with Gasteiger partial charge in [-0.15, -0.1) is 0 Å². The molecule has 2 atom stereocenters. The highest BCUT2D eigenvalue weighted by atomic mass is 16.5. The third kappa shape index (κ3) is 1.95. The van der Waals surface area contributed by atoms with E-state index in [9.17, 15) is 4.79 Å². The van der Waals surface area contributed by atoms with Crippen LogP contribution >= 0.6 is 0 Å². The van der Waals surface area contributed by atoms with Gasteiger partial charge in [-0.3, -0.25) is 10.6 Å². The normalized spacial score (nSPS) is 26.2. The maximum atomic E-state index is 12.5. The molecule has 3 N–H and O–H groups in total. The number of fused-ring (bicyclic) bond motifs is 2. The van der Waals surface area contributed by atoms with E-state index in [4.69, 9.17) is 10.6 Å². The lowest BCUT2D eigenvalue weighted by atomic mass is 10.1. The molecule has 2 saturated heterocycles. The maximum absolute atomic E-state index is 12.5. The smallest absolute Gasteiger partial charge is 0.256 e. The number of nitrogens with one attached hydrogen (secondary N) is 1. The Balaban J connectivity index is 1.82. The van der Waals surface area contributed by atoms with Crippen LogP contribution in [0.2, 0.25) is 0 Å². The lowest BCUT2D eigenvalue weighted by Gasteiger charge is -2.32. The molecule has 2 aliphatic rings. The first-order chi connectivity index (χ1) is 8.78. The first-order valence-electron chi connectivity index (χ1n) is 6.28. The molecular formula is C13H17N3O2. The standard InChI is InChI=1S/C13H17N3O2/c14-15-12-4-2-1-3-11(12)13(17)16-7-9-5-6-10(8-16)18-9/h1-4,9-10,15H,5-8,14H2. The fourth-order valence-corrected chi connectivity index (χ4v) is 2.75. The summed E-state index contributed by atoms with van der Waals surface area (Å²) in [5, 5.41) is 0. The summed E-state index contributed by atoms with van der Waals surface area (Å²) in [6.45, 7) is 1.38. The van der Waals surface area contributed by atoms with Gasteiger partial charge in [0.15, 0.2) is 0 Å². The van der Waals surface area contributed by atoms with Crippen molar-refractivity contribution in [2.75, 3.05) is 18.5 Å². The molecule has 0 saturated carbocycles. The number of amides is 1. The first-order valence-corrected chi connectivity index (χ1v) is 6.28. The average molecular weight is 247 g/mol. The van der Waals surface area contributed by atoms with Crippen LogP contribution in [0.15, 0.2) is 24.3 Å². The topological polar surface area (TPSA) is 67.6 Å². The van der Waals surface area contributed by atoms with Crippen LogP contribution in [0.25, 0.3) is 0 Å². The highest BCUT2D eigenvalue weighted by Crippen LogP contribution is 2.28. The number of hydrazine groups is 1. The van der Waals surface area contributed by atoms with Crippen molar-refractivity contribution < 1.29 is 9.53 Å². The molecule has 0 aromatic heterocycles. The molecule has 0 spiro atoms. The van der Waals surface area contributed by atoms with Gasteiger partial charge in [0, 0.05) is 13.1 Å². The number of carbonyl (C=O) groups excluding carboxylic acids is 1. The number of para-hydroxylation sites is 1. The van der Waals surface area contributed by atoms with E-state index in [0.29, 0.717) is 24.3 Å².